The summed E-state index contributed by atoms with van der Waals surface area (Å²) in [6.45, 7) is 2.26. The van der Waals surface area contributed by atoms with E-state index in [0.717, 1.165) is 28.7 Å². The van der Waals surface area contributed by atoms with Crippen LogP contribution in [0.15, 0.2) is 72.2 Å². The molecule has 5 nitrogen and oxygen atoms in total. The van der Waals surface area contributed by atoms with Gasteiger partial charge < -0.3 is 9.47 Å². The summed E-state index contributed by atoms with van der Waals surface area (Å²) in [5.41, 5.74) is 3.34. The van der Waals surface area contributed by atoms with Crippen LogP contribution in [0.1, 0.15) is 36.8 Å². The second-order valence-corrected chi connectivity index (χ2v) is 7.84. The van der Waals surface area contributed by atoms with Gasteiger partial charge in [0.25, 0.3) is 0 Å². The molecule has 2 aliphatic heterocycles. The van der Waals surface area contributed by atoms with Gasteiger partial charge in [0.1, 0.15) is 12.1 Å². The zero-order valence-corrected chi connectivity index (χ0v) is 16.0. The summed E-state index contributed by atoms with van der Waals surface area (Å²) in [5, 5.41) is 1.15. The number of fused-ring (bicyclic) bond motifs is 1. The van der Waals surface area contributed by atoms with Crippen LogP contribution in [0, 0.1) is 0 Å². The number of thioether (sulfide) groups is 1. The van der Waals surface area contributed by atoms with E-state index in [0.29, 0.717) is 6.04 Å². The van der Waals surface area contributed by atoms with Crippen molar-refractivity contribution in [2.45, 2.75) is 31.5 Å². The molecule has 0 amide bonds. The van der Waals surface area contributed by atoms with Crippen LogP contribution in [-0.4, -0.2) is 36.4 Å². The van der Waals surface area contributed by atoms with E-state index in [1.807, 2.05) is 48.6 Å². The molecule has 5 heterocycles. The molecule has 6 heteroatoms. The summed E-state index contributed by atoms with van der Waals surface area (Å²) in [4.78, 5) is 16.6. The molecule has 0 radical (unpaired) electrons. The summed E-state index contributed by atoms with van der Waals surface area (Å²) >= 11 is 1.87. The summed E-state index contributed by atoms with van der Waals surface area (Å²) in [6.07, 6.45) is 8.81. The number of amidine groups is 1. The quantitative estimate of drug-likeness (QED) is 0.684. The molecule has 0 N–H and O–H groups in total. The molecule has 0 saturated carbocycles. The molecule has 0 aliphatic carbocycles. The standard InChI is InChI=1S/C21H21N5S/c1-2-15-14-27-21-24-19(17-8-3-4-11-23-17)20(26(15)21)18-9-6-12-25(18)16-7-5-10-22-13-16/h3-13,15,19-20H,2,14H2,1H3/t15-,19+,20-/m1/s1. The van der Waals surface area contributed by atoms with Crippen LogP contribution in [0.25, 0.3) is 5.69 Å². The highest BCUT2D eigenvalue weighted by molar-refractivity contribution is 8.14. The van der Waals surface area contributed by atoms with Crippen molar-refractivity contribution in [1.82, 2.24) is 19.4 Å². The van der Waals surface area contributed by atoms with Gasteiger partial charge in [-0.25, -0.2) is 0 Å². The molecule has 136 valence electrons. The molecule has 1 saturated heterocycles. The van der Waals surface area contributed by atoms with Gasteiger partial charge in [0.15, 0.2) is 5.17 Å². The SMILES string of the molecule is CC[C@@H]1CSC2=N[C@@H](c3ccccn3)[C@@H](c3cccn3-c3cccnc3)N21. The number of pyridine rings is 2. The summed E-state index contributed by atoms with van der Waals surface area (Å²) in [6, 6.07) is 15.2. The lowest BCUT2D eigenvalue weighted by atomic mass is 9.99. The second kappa shape index (κ2) is 6.85. The molecule has 3 atom stereocenters. The average Bonchev–Trinajstić information content (AvgIpc) is 3.44. The summed E-state index contributed by atoms with van der Waals surface area (Å²) in [7, 11) is 0. The lowest BCUT2D eigenvalue weighted by Gasteiger charge is -2.32. The van der Waals surface area contributed by atoms with E-state index < -0.39 is 0 Å². The molecule has 0 spiro atoms. The van der Waals surface area contributed by atoms with Crippen LogP contribution < -0.4 is 0 Å². The Morgan fingerprint density at radius 2 is 2.07 bits per heavy atom. The predicted molar refractivity (Wildman–Crippen MR) is 109 cm³/mol. The lowest BCUT2D eigenvalue weighted by molar-refractivity contribution is 0.249. The molecule has 5 rings (SSSR count). The Morgan fingerprint density at radius 1 is 1.11 bits per heavy atom. The Labute approximate surface area is 163 Å². The molecular weight excluding hydrogens is 354 g/mol. The van der Waals surface area contributed by atoms with Gasteiger partial charge in [-0.15, -0.1) is 0 Å². The van der Waals surface area contributed by atoms with Gasteiger partial charge in [-0.3, -0.25) is 15.0 Å². The number of hydrogen-bond acceptors (Lipinski definition) is 5. The van der Waals surface area contributed by atoms with E-state index in [4.69, 9.17) is 4.99 Å². The normalized spacial score (nSPS) is 24.1. The molecule has 0 bridgehead atoms. The Morgan fingerprint density at radius 3 is 2.85 bits per heavy atom. The van der Waals surface area contributed by atoms with E-state index in [1.54, 1.807) is 0 Å². The first-order chi connectivity index (χ1) is 13.4. The minimum Gasteiger partial charge on any atom is -0.337 e. The average molecular weight is 376 g/mol. The van der Waals surface area contributed by atoms with E-state index in [2.05, 4.69) is 56.8 Å². The third kappa shape index (κ3) is 2.75. The number of aromatic nitrogens is 3. The molecule has 27 heavy (non-hydrogen) atoms. The third-order valence-corrected chi connectivity index (χ3v) is 6.46. The van der Waals surface area contributed by atoms with E-state index in [-0.39, 0.29) is 12.1 Å². The van der Waals surface area contributed by atoms with Gasteiger partial charge in [0.05, 0.1) is 17.6 Å². The van der Waals surface area contributed by atoms with Crippen molar-refractivity contribution < 1.29 is 0 Å². The molecule has 0 aromatic carbocycles. The van der Waals surface area contributed by atoms with Crippen LogP contribution in [0.2, 0.25) is 0 Å². The zero-order valence-electron chi connectivity index (χ0n) is 15.1. The number of rotatable bonds is 4. The maximum Gasteiger partial charge on any atom is 0.160 e. The van der Waals surface area contributed by atoms with Crippen LogP contribution in [-0.2, 0) is 0 Å². The van der Waals surface area contributed by atoms with Gasteiger partial charge in [-0.1, -0.05) is 24.8 Å². The van der Waals surface area contributed by atoms with Crippen molar-refractivity contribution >= 4 is 16.9 Å². The van der Waals surface area contributed by atoms with Crippen molar-refractivity contribution in [2.24, 2.45) is 4.99 Å². The monoisotopic (exact) mass is 375 g/mol. The summed E-state index contributed by atoms with van der Waals surface area (Å²) in [5.74, 6) is 1.11. The van der Waals surface area contributed by atoms with Crippen molar-refractivity contribution in [3.05, 3.63) is 78.6 Å². The maximum absolute atomic E-state index is 5.10. The van der Waals surface area contributed by atoms with Crippen molar-refractivity contribution in [2.75, 3.05) is 5.75 Å². The van der Waals surface area contributed by atoms with Gasteiger partial charge >= 0.3 is 0 Å². The maximum atomic E-state index is 5.10. The third-order valence-electron chi connectivity index (χ3n) is 5.34. The van der Waals surface area contributed by atoms with Gasteiger partial charge in [0.2, 0.25) is 0 Å². The lowest BCUT2D eigenvalue weighted by Crippen LogP contribution is -2.36. The number of hydrogen-bond donors (Lipinski definition) is 0. The van der Waals surface area contributed by atoms with E-state index in [1.165, 1.54) is 5.69 Å². The first-order valence-electron chi connectivity index (χ1n) is 9.34. The molecular formula is C21H21N5S. The Kier molecular flexibility index (Phi) is 4.20. The van der Waals surface area contributed by atoms with Crippen LogP contribution in [0.4, 0.5) is 0 Å². The van der Waals surface area contributed by atoms with Crippen LogP contribution in [0.3, 0.4) is 0 Å². The molecule has 3 aromatic heterocycles. The minimum atomic E-state index is 0.00775. The van der Waals surface area contributed by atoms with Gasteiger partial charge in [-0.05, 0) is 42.8 Å². The Hall–Kier alpha value is -2.60. The van der Waals surface area contributed by atoms with Crippen LogP contribution >= 0.6 is 11.8 Å². The smallest absolute Gasteiger partial charge is 0.160 e. The fraction of sp³-hybridized carbons (Fsp3) is 0.286. The van der Waals surface area contributed by atoms with Crippen molar-refractivity contribution in [3.63, 3.8) is 0 Å². The van der Waals surface area contributed by atoms with E-state index in [9.17, 15) is 0 Å². The van der Waals surface area contributed by atoms with Crippen LogP contribution in [0.5, 0.6) is 0 Å². The van der Waals surface area contributed by atoms with Crippen molar-refractivity contribution in [1.29, 1.82) is 0 Å². The minimum absolute atomic E-state index is 0.00775. The topological polar surface area (TPSA) is 46.3 Å². The fourth-order valence-electron chi connectivity index (χ4n) is 4.04. The highest BCUT2D eigenvalue weighted by Gasteiger charge is 2.46. The molecule has 2 aliphatic rings. The first-order valence-corrected chi connectivity index (χ1v) is 10.3. The first kappa shape index (κ1) is 16.6. The number of nitrogens with zero attached hydrogens (tertiary/aromatic N) is 5. The largest absolute Gasteiger partial charge is 0.337 e. The molecule has 1 fully saturated rings. The second-order valence-electron chi connectivity index (χ2n) is 6.85. The highest BCUT2D eigenvalue weighted by atomic mass is 32.2. The molecule has 3 aromatic rings. The Bertz CT molecular complexity index is 953. The zero-order chi connectivity index (χ0) is 18.2. The molecule has 0 unspecified atom stereocenters. The fourth-order valence-corrected chi connectivity index (χ4v) is 5.38. The van der Waals surface area contributed by atoms with E-state index >= 15 is 0 Å². The van der Waals surface area contributed by atoms with Crippen molar-refractivity contribution in [3.8, 4) is 5.69 Å². The van der Waals surface area contributed by atoms with Gasteiger partial charge in [-0.2, -0.15) is 0 Å². The highest BCUT2D eigenvalue weighted by Crippen LogP contribution is 2.48. The number of aliphatic imine (C=N–C) groups is 1. The van der Waals surface area contributed by atoms with Gasteiger partial charge in [0, 0.05) is 36.1 Å². The Balaban J connectivity index is 1.63. The predicted octanol–water partition coefficient (Wildman–Crippen LogP) is 4.25. The summed E-state index contributed by atoms with van der Waals surface area (Å²) < 4.78 is 2.24.